The highest BCUT2D eigenvalue weighted by Crippen LogP contribution is 2.34. The second-order valence-electron chi connectivity index (χ2n) is 5.54. The lowest BCUT2D eigenvalue weighted by Gasteiger charge is -2.27. The molecule has 3 rings (SSSR count). The van der Waals surface area contributed by atoms with E-state index in [-0.39, 0.29) is 11.5 Å². The van der Waals surface area contributed by atoms with E-state index in [1.165, 1.54) is 55.2 Å². The molecule has 98 valence electrons. The van der Waals surface area contributed by atoms with Gasteiger partial charge in [0.2, 0.25) is 0 Å². The van der Waals surface area contributed by atoms with Gasteiger partial charge in [-0.1, -0.05) is 18.2 Å². The molecule has 18 heavy (non-hydrogen) atoms. The number of rotatable bonds is 2. The molecular formula is C16H21ClO. The van der Waals surface area contributed by atoms with Gasteiger partial charge in [0.05, 0.1) is 11.5 Å². The van der Waals surface area contributed by atoms with E-state index in [1.807, 2.05) is 0 Å². The maximum absolute atomic E-state index is 6.60. The summed E-state index contributed by atoms with van der Waals surface area (Å²) in [7, 11) is 0. The van der Waals surface area contributed by atoms with Crippen LogP contribution in [0.4, 0.5) is 0 Å². The molecule has 0 aromatic heterocycles. The summed E-state index contributed by atoms with van der Waals surface area (Å²) in [5, 5.41) is 0.0255. The lowest BCUT2D eigenvalue weighted by atomic mass is 9.89. The van der Waals surface area contributed by atoms with Gasteiger partial charge in [-0.2, -0.15) is 0 Å². The Morgan fingerprint density at radius 2 is 1.89 bits per heavy atom. The van der Waals surface area contributed by atoms with Crippen molar-refractivity contribution >= 4 is 11.6 Å². The monoisotopic (exact) mass is 264 g/mol. The maximum Gasteiger partial charge on any atom is 0.0847 e. The summed E-state index contributed by atoms with van der Waals surface area (Å²) in [6.45, 7) is 0.874. The zero-order chi connectivity index (χ0) is 12.4. The fourth-order valence-corrected chi connectivity index (χ4v) is 3.47. The molecule has 0 radical (unpaired) electrons. The van der Waals surface area contributed by atoms with Crippen LogP contribution in [0.15, 0.2) is 18.2 Å². The molecule has 1 heterocycles. The molecule has 1 aliphatic carbocycles. The highest BCUT2D eigenvalue weighted by Gasteiger charge is 2.24. The molecule has 0 bridgehead atoms. The zero-order valence-electron chi connectivity index (χ0n) is 10.8. The van der Waals surface area contributed by atoms with Gasteiger partial charge in [0.1, 0.15) is 0 Å². The van der Waals surface area contributed by atoms with Crippen LogP contribution < -0.4 is 0 Å². The smallest absolute Gasteiger partial charge is 0.0847 e. The van der Waals surface area contributed by atoms with Gasteiger partial charge in [-0.25, -0.2) is 0 Å². The third-order valence-corrected chi connectivity index (χ3v) is 4.77. The van der Waals surface area contributed by atoms with Gasteiger partial charge in [-0.05, 0) is 61.6 Å². The number of halogens is 1. The molecule has 0 N–H and O–H groups in total. The van der Waals surface area contributed by atoms with E-state index in [0.29, 0.717) is 0 Å². The van der Waals surface area contributed by atoms with Crippen LogP contribution in [0.25, 0.3) is 0 Å². The molecule has 0 spiro atoms. The number of benzene rings is 1. The average molecular weight is 265 g/mol. The maximum atomic E-state index is 6.60. The van der Waals surface area contributed by atoms with E-state index < -0.39 is 0 Å². The van der Waals surface area contributed by atoms with Gasteiger partial charge in [0.15, 0.2) is 0 Å². The lowest BCUT2D eigenvalue weighted by molar-refractivity contribution is 0.0136. The fraction of sp³-hybridized carbons (Fsp3) is 0.625. The Morgan fingerprint density at radius 3 is 2.67 bits per heavy atom. The van der Waals surface area contributed by atoms with E-state index >= 15 is 0 Å². The van der Waals surface area contributed by atoms with Gasteiger partial charge in [0.25, 0.3) is 0 Å². The van der Waals surface area contributed by atoms with Crippen molar-refractivity contribution in [1.29, 1.82) is 0 Å². The largest absolute Gasteiger partial charge is 0.376 e. The zero-order valence-corrected chi connectivity index (χ0v) is 11.6. The molecule has 2 heteroatoms. The SMILES string of the molecule is ClC(c1ccc2c(c1)CCCC2)C1CCCCO1. The molecule has 0 saturated carbocycles. The molecule has 2 aliphatic rings. The molecule has 1 saturated heterocycles. The van der Waals surface area contributed by atoms with Gasteiger partial charge in [-0.3, -0.25) is 0 Å². The van der Waals surface area contributed by atoms with Crippen molar-refractivity contribution < 1.29 is 4.74 Å². The fourth-order valence-electron chi connectivity index (χ4n) is 3.14. The predicted octanol–water partition coefficient (Wildman–Crippen LogP) is 4.41. The Hall–Kier alpha value is -0.530. The molecule has 1 aromatic rings. The second kappa shape index (κ2) is 5.63. The Labute approximate surface area is 114 Å². The van der Waals surface area contributed by atoms with E-state index in [4.69, 9.17) is 16.3 Å². The Bertz CT molecular complexity index is 410. The van der Waals surface area contributed by atoms with Gasteiger partial charge >= 0.3 is 0 Å². The Morgan fingerprint density at radius 1 is 1.06 bits per heavy atom. The number of hydrogen-bond acceptors (Lipinski definition) is 1. The number of aryl methyl sites for hydroxylation is 2. The quantitative estimate of drug-likeness (QED) is 0.719. The topological polar surface area (TPSA) is 9.23 Å². The first-order valence-corrected chi connectivity index (χ1v) is 7.65. The molecular weight excluding hydrogens is 244 g/mol. The van der Waals surface area contributed by atoms with Crippen molar-refractivity contribution in [2.24, 2.45) is 0 Å². The molecule has 0 amide bonds. The summed E-state index contributed by atoms with van der Waals surface area (Å²) in [5.41, 5.74) is 4.29. The van der Waals surface area contributed by atoms with Crippen LogP contribution in [-0.2, 0) is 17.6 Å². The summed E-state index contributed by atoms with van der Waals surface area (Å²) in [4.78, 5) is 0. The minimum Gasteiger partial charge on any atom is -0.376 e. The van der Waals surface area contributed by atoms with Crippen molar-refractivity contribution in [2.45, 2.75) is 56.4 Å². The summed E-state index contributed by atoms with van der Waals surface area (Å²) in [6, 6.07) is 6.81. The van der Waals surface area contributed by atoms with Gasteiger partial charge in [0, 0.05) is 6.61 Å². The Kier molecular flexibility index (Phi) is 3.91. The van der Waals surface area contributed by atoms with Crippen LogP contribution >= 0.6 is 11.6 Å². The molecule has 1 fully saturated rings. The first-order valence-electron chi connectivity index (χ1n) is 7.22. The highest BCUT2D eigenvalue weighted by molar-refractivity contribution is 6.21. The molecule has 2 atom stereocenters. The highest BCUT2D eigenvalue weighted by atomic mass is 35.5. The van der Waals surface area contributed by atoms with Gasteiger partial charge < -0.3 is 4.74 Å². The van der Waals surface area contributed by atoms with E-state index in [0.717, 1.165) is 13.0 Å². The summed E-state index contributed by atoms with van der Waals surface area (Å²) in [5.74, 6) is 0. The summed E-state index contributed by atoms with van der Waals surface area (Å²) >= 11 is 6.60. The molecule has 1 nitrogen and oxygen atoms in total. The van der Waals surface area contributed by atoms with E-state index in [2.05, 4.69) is 18.2 Å². The van der Waals surface area contributed by atoms with Gasteiger partial charge in [-0.15, -0.1) is 11.6 Å². The third-order valence-electron chi connectivity index (χ3n) is 4.23. The number of fused-ring (bicyclic) bond motifs is 1. The van der Waals surface area contributed by atoms with Crippen molar-refractivity contribution in [2.75, 3.05) is 6.61 Å². The molecule has 2 unspecified atom stereocenters. The van der Waals surface area contributed by atoms with Crippen LogP contribution in [0, 0.1) is 0 Å². The Balaban J connectivity index is 1.78. The van der Waals surface area contributed by atoms with Crippen molar-refractivity contribution in [3.8, 4) is 0 Å². The minimum absolute atomic E-state index is 0.0255. The predicted molar refractivity (Wildman–Crippen MR) is 75.3 cm³/mol. The summed E-state index contributed by atoms with van der Waals surface area (Å²) < 4.78 is 5.81. The van der Waals surface area contributed by atoms with Crippen LogP contribution in [0.2, 0.25) is 0 Å². The number of alkyl halides is 1. The first-order chi connectivity index (χ1) is 8.84. The lowest BCUT2D eigenvalue weighted by Crippen LogP contribution is -2.23. The first kappa shape index (κ1) is 12.5. The third kappa shape index (κ3) is 2.57. The van der Waals surface area contributed by atoms with Crippen molar-refractivity contribution in [3.05, 3.63) is 34.9 Å². The molecule has 1 aromatic carbocycles. The second-order valence-corrected chi connectivity index (χ2v) is 6.01. The van der Waals surface area contributed by atoms with E-state index in [1.54, 1.807) is 0 Å². The van der Waals surface area contributed by atoms with Crippen LogP contribution in [0.3, 0.4) is 0 Å². The summed E-state index contributed by atoms with van der Waals surface area (Å²) in [6.07, 6.45) is 8.86. The standard InChI is InChI=1S/C16H21ClO/c17-16(15-7-3-4-10-18-15)14-9-8-12-5-1-2-6-13(12)11-14/h8-9,11,15-16H,1-7,10H2. The number of hydrogen-bond donors (Lipinski definition) is 0. The number of ether oxygens (including phenoxy) is 1. The van der Waals surface area contributed by atoms with Crippen molar-refractivity contribution in [1.82, 2.24) is 0 Å². The van der Waals surface area contributed by atoms with E-state index in [9.17, 15) is 0 Å². The van der Waals surface area contributed by atoms with Crippen molar-refractivity contribution in [3.63, 3.8) is 0 Å². The van der Waals surface area contributed by atoms with Crippen LogP contribution in [0.5, 0.6) is 0 Å². The molecule has 1 aliphatic heterocycles. The van der Waals surface area contributed by atoms with Crippen LogP contribution in [0.1, 0.15) is 54.2 Å². The average Bonchev–Trinajstić information content (AvgIpc) is 2.47. The van der Waals surface area contributed by atoms with Crippen LogP contribution in [-0.4, -0.2) is 12.7 Å². The minimum atomic E-state index is 0.0255. The normalized spacial score (nSPS) is 25.5.